The fourth-order valence-electron chi connectivity index (χ4n) is 3.75. The van der Waals surface area contributed by atoms with E-state index in [9.17, 15) is 13.2 Å². The number of carbonyl (C=O) groups is 1. The van der Waals surface area contributed by atoms with E-state index in [1.807, 2.05) is 19.2 Å². The van der Waals surface area contributed by atoms with Gasteiger partial charge in [-0.05, 0) is 63.1 Å². The molecule has 8 heteroatoms. The molecule has 1 fully saturated rings. The van der Waals surface area contributed by atoms with Crippen LogP contribution in [0.25, 0.3) is 0 Å². The van der Waals surface area contributed by atoms with Crippen molar-refractivity contribution in [3.8, 4) is 0 Å². The molecule has 0 radical (unpaired) electrons. The van der Waals surface area contributed by atoms with E-state index < -0.39 is 26.4 Å². The molecule has 0 N–H and O–H groups in total. The van der Waals surface area contributed by atoms with E-state index >= 15 is 0 Å². The van der Waals surface area contributed by atoms with Crippen molar-refractivity contribution in [2.45, 2.75) is 50.0 Å². The van der Waals surface area contributed by atoms with Gasteiger partial charge in [-0.2, -0.15) is 8.42 Å². The molecule has 182 valence electrons. The van der Waals surface area contributed by atoms with Crippen molar-refractivity contribution in [3.05, 3.63) is 65.7 Å². The Hall–Kier alpha value is -1.87. The summed E-state index contributed by atoms with van der Waals surface area (Å²) in [6, 6.07) is 15.4. The lowest BCUT2D eigenvalue weighted by Gasteiger charge is -2.34. The van der Waals surface area contributed by atoms with Crippen molar-refractivity contribution < 1.29 is 26.3 Å². The fourth-order valence-corrected chi connectivity index (χ4v) is 8.26. The summed E-state index contributed by atoms with van der Waals surface area (Å²) in [5.41, 5.74) is 1.45. The summed E-state index contributed by atoms with van der Waals surface area (Å²) in [6.07, 6.45) is 7.14. The third-order valence-corrected chi connectivity index (χ3v) is 10.8. The van der Waals surface area contributed by atoms with Crippen molar-refractivity contribution in [1.82, 2.24) is 0 Å². The second-order valence-electron chi connectivity index (χ2n) is 8.56. The summed E-state index contributed by atoms with van der Waals surface area (Å²) in [4.78, 5) is 12.4. The van der Waals surface area contributed by atoms with Gasteiger partial charge in [-0.3, -0.25) is 0 Å². The lowest BCUT2D eigenvalue weighted by molar-refractivity contribution is 0.0529. The summed E-state index contributed by atoms with van der Waals surface area (Å²) < 4.78 is 42.9. The Bertz CT molecular complexity index is 985. The molecule has 6 nitrogen and oxygen atoms in total. The largest absolute Gasteiger partial charge is 0.461 e. The summed E-state index contributed by atoms with van der Waals surface area (Å²) >= 11 is 0. The van der Waals surface area contributed by atoms with Crippen LogP contribution in [-0.4, -0.2) is 51.5 Å². The van der Waals surface area contributed by atoms with Gasteiger partial charge in [0.2, 0.25) is 0 Å². The van der Waals surface area contributed by atoms with Gasteiger partial charge in [-0.25, -0.2) is 8.42 Å². The molecule has 2 unspecified atom stereocenters. The van der Waals surface area contributed by atoms with Crippen LogP contribution in [0, 0.1) is 6.92 Å². The molecule has 2 atom stereocenters. The molecule has 2 aromatic rings. The highest BCUT2D eigenvalue weighted by Crippen LogP contribution is 2.49. The van der Waals surface area contributed by atoms with Crippen LogP contribution in [0.1, 0.15) is 48.0 Å². The molecular weight excluding hydrogens is 460 g/mol. The Labute approximate surface area is 199 Å². The predicted molar refractivity (Wildman–Crippen MR) is 132 cm³/mol. The topological polar surface area (TPSA) is 78.9 Å². The van der Waals surface area contributed by atoms with Gasteiger partial charge in [-0.1, -0.05) is 42.3 Å². The van der Waals surface area contributed by atoms with Gasteiger partial charge in [0.25, 0.3) is 0 Å². The molecular formula is C25H34O6S2. The smallest absolute Gasteiger partial charge is 0.338 e. The second-order valence-corrected chi connectivity index (χ2v) is 13.7. The van der Waals surface area contributed by atoms with Crippen molar-refractivity contribution in [2.24, 2.45) is 0 Å². The average Bonchev–Trinajstić information content (AvgIpc) is 3.31. The van der Waals surface area contributed by atoms with Crippen LogP contribution in [-0.2, 0) is 23.2 Å². The number of rotatable bonds is 12. The van der Waals surface area contributed by atoms with Gasteiger partial charge in [0.15, 0.2) is 0 Å². The number of hydrogen-bond acceptors (Lipinski definition) is 6. The zero-order chi connectivity index (χ0) is 23.7. The molecule has 3 rings (SSSR count). The third-order valence-electron chi connectivity index (χ3n) is 5.70. The predicted octanol–water partition coefficient (Wildman–Crippen LogP) is 5.26. The fraction of sp³-hybridized carbons (Fsp3) is 0.480. The number of esters is 1. The van der Waals surface area contributed by atoms with Crippen molar-refractivity contribution in [1.29, 1.82) is 0 Å². The van der Waals surface area contributed by atoms with Gasteiger partial charge >= 0.3 is 16.1 Å². The minimum Gasteiger partial charge on any atom is -0.461 e. The Morgan fingerprint density at radius 3 is 2.42 bits per heavy atom. The first-order valence-electron chi connectivity index (χ1n) is 11.4. The maximum Gasteiger partial charge on any atom is 0.338 e. The Kier molecular flexibility index (Phi) is 9.37. The van der Waals surface area contributed by atoms with Gasteiger partial charge in [-0.15, -0.1) is 10.3 Å². The molecule has 0 amide bonds. The summed E-state index contributed by atoms with van der Waals surface area (Å²) in [6.45, 7) is 2.84. The van der Waals surface area contributed by atoms with Crippen LogP contribution in [0.15, 0.2) is 59.5 Å². The lowest BCUT2D eigenvalue weighted by atomic mass is 10.1. The first-order valence-corrected chi connectivity index (χ1v) is 15.1. The summed E-state index contributed by atoms with van der Waals surface area (Å²) in [7, 11) is -5.95. The second kappa shape index (κ2) is 12.0. The molecule has 0 aliphatic carbocycles. The summed E-state index contributed by atoms with van der Waals surface area (Å²) in [5.74, 6) is 0.557. The standard InChI is InChI=1S/C25H34O6S2/c1-21-13-15-24(16-14-21)33(27,28)31-32(2,19-7-6-11-23-12-8-17-29-23)20-18-30-25(26)22-9-4-3-5-10-22/h3-5,9-10,13-16,23H,6-8,11-12,17-20H2,1-2H3. The van der Waals surface area contributed by atoms with Gasteiger partial charge in [0, 0.05) is 18.1 Å². The highest BCUT2D eigenvalue weighted by molar-refractivity contribution is 8.32. The Balaban J connectivity index is 1.62. The van der Waals surface area contributed by atoms with E-state index in [2.05, 4.69) is 0 Å². The van der Waals surface area contributed by atoms with E-state index in [-0.39, 0.29) is 11.5 Å². The van der Waals surface area contributed by atoms with E-state index in [1.54, 1.807) is 48.5 Å². The third kappa shape index (κ3) is 8.14. The van der Waals surface area contributed by atoms with Crippen LogP contribution in [0.4, 0.5) is 0 Å². The highest BCUT2D eigenvalue weighted by atomic mass is 32.3. The number of unbranched alkanes of at least 4 members (excludes halogenated alkanes) is 1. The van der Waals surface area contributed by atoms with E-state index in [1.165, 1.54) is 0 Å². The Morgan fingerprint density at radius 2 is 1.76 bits per heavy atom. The van der Waals surface area contributed by atoms with Gasteiger partial charge in [0.05, 0.1) is 16.6 Å². The van der Waals surface area contributed by atoms with E-state index in [4.69, 9.17) is 13.1 Å². The van der Waals surface area contributed by atoms with Crippen LogP contribution in [0.2, 0.25) is 0 Å². The van der Waals surface area contributed by atoms with E-state index in [0.29, 0.717) is 23.2 Å². The molecule has 1 heterocycles. The van der Waals surface area contributed by atoms with Crippen LogP contribution in [0.3, 0.4) is 0 Å². The first-order chi connectivity index (χ1) is 15.8. The zero-order valence-corrected chi connectivity index (χ0v) is 21.0. The quantitative estimate of drug-likeness (QED) is 0.296. The molecule has 33 heavy (non-hydrogen) atoms. The minimum absolute atomic E-state index is 0.106. The number of benzene rings is 2. The molecule has 0 bridgehead atoms. The van der Waals surface area contributed by atoms with E-state index in [0.717, 1.165) is 44.3 Å². The van der Waals surface area contributed by atoms with Gasteiger partial charge in [0.1, 0.15) is 6.61 Å². The highest BCUT2D eigenvalue weighted by Gasteiger charge is 2.29. The molecule has 1 saturated heterocycles. The number of ether oxygens (including phenoxy) is 2. The summed E-state index contributed by atoms with van der Waals surface area (Å²) in [5, 5.41) is 0. The number of hydrogen-bond donors (Lipinski definition) is 0. The van der Waals surface area contributed by atoms with Crippen molar-refractivity contribution in [3.63, 3.8) is 0 Å². The monoisotopic (exact) mass is 494 g/mol. The number of carbonyl (C=O) groups excluding carboxylic acids is 1. The van der Waals surface area contributed by atoms with Crippen LogP contribution < -0.4 is 0 Å². The maximum atomic E-state index is 13.0. The SMILES string of the molecule is Cc1ccc(S(=O)(=O)OS(C)(CCCCC2CCCO2)CCOC(=O)c2ccccc2)cc1. The molecule has 2 aromatic carbocycles. The maximum absolute atomic E-state index is 13.0. The first kappa shape index (κ1) is 25.7. The van der Waals surface area contributed by atoms with Crippen molar-refractivity contribution >= 4 is 26.4 Å². The average molecular weight is 495 g/mol. The zero-order valence-electron chi connectivity index (χ0n) is 19.4. The van der Waals surface area contributed by atoms with Crippen molar-refractivity contribution in [2.75, 3.05) is 31.0 Å². The molecule has 0 spiro atoms. The molecule has 0 saturated carbocycles. The molecule has 1 aliphatic rings. The normalized spacial score (nSPS) is 19.0. The number of aryl methyl sites for hydroxylation is 1. The Morgan fingerprint density at radius 1 is 1.03 bits per heavy atom. The molecule has 0 aromatic heterocycles. The molecule has 1 aliphatic heterocycles. The lowest BCUT2D eigenvalue weighted by Crippen LogP contribution is -2.21. The van der Waals surface area contributed by atoms with Crippen LogP contribution in [0.5, 0.6) is 0 Å². The van der Waals surface area contributed by atoms with Crippen LogP contribution >= 0.6 is 10.3 Å². The minimum atomic E-state index is -3.92. The van der Waals surface area contributed by atoms with Gasteiger partial charge < -0.3 is 9.47 Å².